The van der Waals surface area contributed by atoms with Crippen LogP contribution in [0.25, 0.3) is 5.69 Å². The van der Waals surface area contributed by atoms with Crippen molar-refractivity contribution in [3.63, 3.8) is 0 Å². The van der Waals surface area contributed by atoms with Gasteiger partial charge in [0.25, 0.3) is 5.91 Å². The Balaban J connectivity index is 1.46. The van der Waals surface area contributed by atoms with Crippen LogP contribution in [0.4, 0.5) is 20.3 Å². The molecule has 4 rings (SSSR count). The third-order valence-corrected chi connectivity index (χ3v) is 6.23. The minimum absolute atomic E-state index is 0.298. The van der Waals surface area contributed by atoms with Crippen LogP contribution in [0, 0.1) is 31.4 Å². The van der Waals surface area contributed by atoms with Crippen LogP contribution in [0.1, 0.15) is 41.4 Å². The Bertz CT molecular complexity index is 1170. The standard InChI is InChI=1S/C24H27F2N5O2/c1-14-10-18(12-27-23(14)30-8-6-17(7-9-30)16(3)32)29-24(33)20-13-28-31(15(20)2)19-4-5-21(25)22(26)11-19/h4-5,10-13,16-17,32H,6-9H2,1-3H3,(H,29,33). The summed E-state index contributed by atoms with van der Waals surface area (Å²) in [5.41, 5.74) is 2.65. The third-order valence-electron chi connectivity index (χ3n) is 6.23. The third kappa shape index (κ3) is 4.73. The van der Waals surface area contributed by atoms with Gasteiger partial charge in [0.1, 0.15) is 5.82 Å². The zero-order valence-corrected chi connectivity index (χ0v) is 18.8. The molecule has 1 atom stereocenters. The van der Waals surface area contributed by atoms with Crippen molar-refractivity contribution in [2.75, 3.05) is 23.3 Å². The molecule has 2 N–H and O–H groups in total. The fourth-order valence-electron chi connectivity index (χ4n) is 4.27. The Labute approximate surface area is 191 Å². The molecular weight excluding hydrogens is 428 g/mol. The lowest BCUT2D eigenvalue weighted by molar-refractivity contribution is 0.102. The molecule has 3 heterocycles. The molecule has 1 aliphatic rings. The largest absolute Gasteiger partial charge is 0.393 e. The van der Waals surface area contributed by atoms with E-state index in [0.717, 1.165) is 49.4 Å². The van der Waals surface area contributed by atoms with Gasteiger partial charge >= 0.3 is 0 Å². The lowest BCUT2D eigenvalue weighted by Crippen LogP contribution is -2.37. The number of nitrogens with one attached hydrogen (secondary N) is 1. The number of aliphatic hydroxyl groups excluding tert-OH is 1. The molecule has 7 nitrogen and oxygen atoms in total. The number of aromatic nitrogens is 3. The van der Waals surface area contributed by atoms with Crippen molar-refractivity contribution < 1.29 is 18.7 Å². The highest BCUT2D eigenvalue weighted by atomic mass is 19.2. The van der Waals surface area contributed by atoms with Crippen molar-refractivity contribution >= 4 is 17.4 Å². The number of aliphatic hydroxyl groups is 1. The molecule has 1 fully saturated rings. The number of rotatable bonds is 5. The van der Waals surface area contributed by atoms with E-state index in [4.69, 9.17) is 0 Å². The Morgan fingerprint density at radius 3 is 2.52 bits per heavy atom. The molecule has 0 aliphatic carbocycles. The summed E-state index contributed by atoms with van der Waals surface area (Å²) in [6, 6.07) is 5.33. The minimum Gasteiger partial charge on any atom is -0.393 e. The fourth-order valence-corrected chi connectivity index (χ4v) is 4.27. The summed E-state index contributed by atoms with van der Waals surface area (Å²) >= 11 is 0. The number of amides is 1. The molecule has 174 valence electrons. The minimum atomic E-state index is -0.981. The first-order chi connectivity index (χ1) is 15.7. The van der Waals surface area contributed by atoms with E-state index in [-0.39, 0.29) is 12.0 Å². The fraction of sp³-hybridized carbons (Fsp3) is 0.375. The lowest BCUT2D eigenvalue weighted by atomic mass is 9.92. The molecule has 2 aromatic heterocycles. The molecule has 0 radical (unpaired) electrons. The van der Waals surface area contributed by atoms with Crippen molar-refractivity contribution in [2.24, 2.45) is 5.92 Å². The number of anilines is 2. The van der Waals surface area contributed by atoms with Gasteiger partial charge in [0.05, 0.1) is 41.1 Å². The zero-order valence-electron chi connectivity index (χ0n) is 18.8. The van der Waals surface area contributed by atoms with Crippen molar-refractivity contribution in [1.82, 2.24) is 14.8 Å². The first-order valence-electron chi connectivity index (χ1n) is 11.0. The summed E-state index contributed by atoms with van der Waals surface area (Å²) in [6.45, 7) is 7.14. The molecule has 0 bridgehead atoms. The highest BCUT2D eigenvalue weighted by Crippen LogP contribution is 2.27. The molecule has 1 amide bonds. The highest BCUT2D eigenvalue weighted by molar-refractivity contribution is 6.05. The van der Waals surface area contributed by atoms with E-state index in [9.17, 15) is 18.7 Å². The number of piperidine rings is 1. The number of carbonyl (C=O) groups is 1. The maximum Gasteiger partial charge on any atom is 0.259 e. The maximum absolute atomic E-state index is 13.6. The molecule has 1 aliphatic heterocycles. The molecule has 0 saturated carbocycles. The molecule has 3 aromatic rings. The van der Waals surface area contributed by atoms with E-state index in [0.29, 0.717) is 28.6 Å². The second kappa shape index (κ2) is 9.27. The van der Waals surface area contributed by atoms with Gasteiger partial charge in [0, 0.05) is 19.2 Å². The van der Waals surface area contributed by atoms with Crippen LogP contribution in [0.2, 0.25) is 0 Å². The predicted molar refractivity (Wildman–Crippen MR) is 122 cm³/mol. The SMILES string of the molecule is Cc1cc(NC(=O)c2cnn(-c3ccc(F)c(F)c3)c2C)cnc1N1CCC(C(C)O)CC1. The Morgan fingerprint density at radius 1 is 1.15 bits per heavy atom. The second-order valence-corrected chi connectivity index (χ2v) is 8.54. The lowest BCUT2D eigenvalue weighted by Gasteiger charge is -2.34. The van der Waals surface area contributed by atoms with Crippen LogP contribution >= 0.6 is 0 Å². The molecule has 1 saturated heterocycles. The number of pyridine rings is 1. The van der Waals surface area contributed by atoms with Gasteiger partial charge in [-0.1, -0.05) is 0 Å². The summed E-state index contributed by atoms with van der Waals surface area (Å²) in [7, 11) is 0. The molecule has 0 spiro atoms. The van der Waals surface area contributed by atoms with E-state index in [1.54, 1.807) is 13.1 Å². The average Bonchev–Trinajstić information content (AvgIpc) is 3.17. The molecule has 9 heteroatoms. The smallest absolute Gasteiger partial charge is 0.259 e. The Morgan fingerprint density at radius 2 is 1.88 bits per heavy atom. The first kappa shape index (κ1) is 22.8. The van der Waals surface area contributed by atoms with E-state index >= 15 is 0 Å². The number of nitrogens with zero attached hydrogens (tertiary/aromatic N) is 4. The Kier molecular flexibility index (Phi) is 6.42. The number of aryl methyl sites for hydroxylation is 1. The summed E-state index contributed by atoms with van der Waals surface area (Å²) in [6.07, 6.45) is 4.55. The summed E-state index contributed by atoms with van der Waals surface area (Å²) < 4.78 is 28.2. The van der Waals surface area contributed by atoms with Crippen LogP contribution in [-0.2, 0) is 0 Å². The van der Waals surface area contributed by atoms with Crippen molar-refractivity contribution in [3.05, 3.63) is 65.1 Å². The van der Waals surface area contributed by atoms with Gasteiger partial charge in [0.15, 0.2) is 11.6 Å². The highest BCUT2D eigenvalue weighted by Gasteiger charge is 2.24. The van der Waals surface area contributed by atoms with Crippen LogP contribution in [-0.4, -0.2) is 45.0 Å². The van der Waals surface area contributed by atoms with Gasteiger partial charge in [-0.2, -0.15) is 5.10 Å². The van der Waals surface area contributed by atoms with Crippen LogP contribution < -0.4 is 10.2 Å². The van der Waals surface area contributed by atoms with E-state index in [2.05, 4.69) is 20.3 Å². The number of carbonyl (C=O) groups excluding carboxylic acids is 1. The number of hydrogen-bond acceptors (Lipinski definition) is 5. The van der Waals surface area contributed by atoms with E-state index in [1.807, 2.05) is 19.9 Å². The van der Waals surface area contributed by atoms with Crippen molar-refractivity contribution in [3.8, 4) is 5.69 Å². The van der Waals surface area contributed by atoms with Gasteiger partial charge < -0.3 is 15.3 Å². The first-order valence-corrected chi connectivity index (χ1v) is 11.0. The van der Waals surface area contributed by atoms with Crippen molar-refractivity contribution in [2.45, 2.75) is 39.7 Å². The van der Waals surface area contributed by atoms with Crippen molar-refractivity contribution in [1.29, 1.82) is 0 Å². The van der Waals surface area contributed by atoms with Gasteiger partial charge in [-0.25, -0.2) is 18.4 Å². The number of halogens is 2. The summed E-state index contributed by atoms with van der Waals surface area (Å²) in [5.74, 6) is -1.10. The van der Waals surface area contributed by atoms with Gasteiger partial charge in [-0.05, 0) is 63.3 Å². The van der Waals surface area contributed by atoms with Gasteiger partial charge in [0.2, 0.25) is 0 Å². The monoisotopic (exact) mass is 455 g/mol. The summed E-state index contributed by atoms with van der Waals surface area (Å²) in [5, 5.41) is 16.8. The Hall–Kier alpha value is -3.33. The average molecular weight is 456 g/mol. The maximum atomic E-state index is 13.6. The van der Waals surface area contributed by atoms with Gasteiger partial charge in [-0.3, -0.25) is 4.79 Å². The second-order valence-electron chi connectivity index (χ2n) is 8.54. The van der Waals surface area contributed by atoms with Crippen LogP contribution in [0.15, 0.2) is 36.7 Å². The summed E-state index contributed by atoms with van der Waals surface area (Å²) in [4.78, 5) is 19.6. The number of benzene rings is 1. The number of hydrogen-bond donors (Lipinski definition) is 2. The topological polar surface area (TPSA) is 83.3 Å². The van der Waals surface area contributed by atoms with Crippen LogP contribution in [0.3, 0.4) is 0 Å². The molecule has 1 unspecified atom stereocenters. The predicted octanol–water partition coefficient (Wildman–Crippen LogP) is 4.01. The molecule has 1 aromatic carbocycles. The normalized spacial score (nSPS) is 15.5. The van der Waals surface area contributed by atoms with E-state index < -0.39 is 11.6 Å². The quantitative estimate of drug-likeness (QED) is 0.607. The molecular formula is C24H27F2N5O2. The zero-order chi connectivity index (χ0) is 23.7. The van der Waals surface area contributed by atoms with E-state index in [1.165, 1.54) is 16.9 Å². The molecule has 33 heavy (non-hydrogen) atoms. The van der Waals surface area contributed by atoms with Gasteiger partial charge in [-0.15, -0.1) is 0 Å². The van der Waals surface area contributed by atoms with Crippen LogP contribution in [0.5, 0.6) is 0 Å².